The van der Waals surface area contributed by atoms with Crippen LogP contribution < -0.4 is 16.4 Å². The Morgan fingerprint density at radius 2 is 1.73 bits per heavy atom. The average molecular weight is 414 g/mol. The van der Waals surface area contributed by atoms with Gasteiger partial charge in [0.25, 0.3) is 5.91 Å². The van der Waals surface area contributed by atoms with Crippen LogP contribution in [-0.2, 0) is 9.59 Å². The van der Waals surface area contributed by atoms with E-state index in [0.717, 1.165) is 10.9 Å². The summed E-state index contributed by atoms with van der Waals surface area (Å²) in [6.45, 7) is 4.47. The second-order valence-corrected chi connectivity index (χ2v) is 7.73. The summed E-state index contributed by atoms with van der Waals surface area (Å²) in [5.41, 5.74) is 6.55. The molecule has 0 fully saturated rings. The first kappa shape index (κ1) is 22.4. The molecule has 0 aromatic heterocycles. The van der Waals surface area contributed by atoms with Gasteiger partial charge in [-0.3, -0.25) is 9.59 Å². The number of benzene rings is 1. The summed E-state index contributed by atoms with van der Waals surface area (Å²) in [5.74, 6) is -1.56. The summed E-state index contributed by atoms with van der Waals surface area (Å²) in [7, 11) is 0. The van der Waals surface area contributed by atoms with Gasteiger partial charge in [0.05, 0.1) is 5.70 Å². The lowest BCUT2D eigenvalue weighted by atomic mass is 9.49. The van der Waals surface area contributed by atoms with Gasteiger partial charge in [-0.15, -0.1) is 0 Å². The quantitative estimate of drug-likeness (QED) is 0.180. The number of ketones is 1. The highest BCUT2D eigenvalue weighted by Crippen LogP contribution is 2.35. The van der Waals surface area contributed by atoms with E-state index >= 15 is 0 Å². The second-order valence-electron chi connectivity index (χ2n) is 5.44. The first-order valence-electron chi connectivity index (χ1n) is 7.86. The van der Waals surface area contributed by atoms with Crippen LogP contribution in [0.25, 0.3) is 0 Å². The highest BCUT2D eigenvalue weighted by atomic mass is 35.6. The lowest BCUT2D eigenvalue weighted by Gasteiger charge is -2.26. The average Bonchev–Trinajstić information content (AvgIpc) is 2.55. The maximum absolute atomic E-state index is 12.0. The number of hydrogen-bond donors (Lipinski definition) is 2. The molecule has 0 aliphatic heterocycles. The van der Waals surface area contributed by atoms with Gasteiger partial charge in [0.2, 0.25) is 3.79 Å². The van der Waals surface area contributed by atoms with Gasteiger partial charge >= 0.3 is 6.85 Å². The van der Waals surface area contributed by atoms with Crippen molar-refractivity contribution in [2.45, 2.75) is 24.6 Å². The number of rotatable bonds is 7. The van der Waals surface area contributed by atoms with Crippen molar-refractivity contribution in [3.8, 4) is 0 Å². The van der Waals surface area contributed by atoms with Crippen molar-refractivity contribution in [3.05, 3.63) is 65.3 Å². The fraction of sp³-hybridized carbons (Fsp3) is 0.222. The van der Waals surface area contributed by atoms with E-state index in [0.29, 0.717) is 0 Å². The largest absolute Gasteiger partial charge is 0.419 e. The molecule has 3 N–H and O–H groups in total. The fourth-order valence-corrected chi connectivity index (χ4v) is 2.92. The van der Waals surface area contributed by atoms with Crippen molar-refractivity contribution in [2.24, 2.45) is 5.73 Å². The van der Waals surface area contributed by atoms with E-state index in [9.17, 15) is 9.59 Å². The van der Waals surface area contributed by atoms with Crippen LogP contribution in [0.5, 0.6) is 0 Å². The molecule has 0 aliphatic rings. The lowest BCUT2D eigenvalue weighted by molar-refractivity contribution is -0.119. The summed E-state index contributed by atoms with van der Waals surface area (Å²) < 4.78 is -2.04. The third kappa shape index (κ3) is 5.94. The van der Waals surface area contributed by atoms with Crippen LogP contribution >= 0.6 is 34.8 Å². The molecule has 0 unspecified atom stereocenters. The van der Waals surface area contributed by atoms with Gasteiger partial charge in [-0.25, -0.2) is 0 Å². The number of carbonyl (C=O) groups is 2. The van der Waals surface area contributed by atoms with Crippen molar-refractivity contribution in [3.63, 3.8) is 0 Å². The molecule has 4 nitrogen and oxygen atoms in total. The number of nitrogens with one attached hydrogen (secondary N) is 1. The normalized spacial score (nSPS) is 13.4. The molecular formula is C18H20BCl3N2O2. The van der Waals surface area contributed by atoms with E-state index in [4.69, 9.17) is 40.5 Å². The molecule has 0 atom stereocenters. The Morgan fingerprint density at radius 3 is 2.12 bits per heavy atom. The summed E-state index contributed by atoms with van der Waals surface area (Å²) in [4.78, 5) is 23.8. The molecule has 0 bridgehead atoms. The zero-order valence-electron chi connectivity index (χ0n) is 14.7. The van der Waals surface area contributed by atoms with Crippen molar-refractivity contribution in [1.82, 2.24) is 5.23 Å². The number of alkyl halides is 3. The van der Waals surface area contributed by atoms with E-state index in [2.05, 4.69) is 5.23 Å². The van der Waals surface area contributed by atoms with Crippen LogP contribution in [0.1, 0.15) is 20.8 Å². The minimum atomic E-state index is -2.04. The first-order chi connectivity index (χ1) is 12.1. The minimum absolute atomic E-state index is 0.153. The third-order valence-electron chi connectivity index (χ3n) is 3.58. The van der Waals surface area contributed by atoms with Crippen molar-refractivity contribution < 1.29 is 9.59 Å². The minimum Gasteiger partial charge on any atom is -0.419 e. The van der Waals surface area contributed by atoms with Crippen LogP contribution in [0.3, 0.4) is 0 Å². The van der Waals surface area contributed by atoms with Crippen LogP contribution in [-0.4, -0.2) is 22.3 Å². The van der Waals surface area contributed by atoms with E-state index in [1.165, 1.54) is 6.92 Å². The number of Topliss-reactive ketones (excluding diaryl/α,β-unsaturated/α-hetero) is 1. The maximum atomic E-state index is 12.0. The highest BCUT2D eigenvalue weighted by molar-refractivity contribution is 6.79. The van der Waals surface area contributed by atoms with Crippen LogP contribution in [0.15, 0.2) is 65.3 Å². The zero-order valence-corrected chi connectivity index (χ0v) is 17.0. The topological polar surface area (TPSA) is 72.2 Å². The van der Waals surface area contributed by atoms with Gasteiger partial charge in [0.1, 0.15) is 5.57 Å². The van der Waals surface area contributed by atoms with Gasteiger partial charge in [0, 0.05) is 0 Å². The summed E-state index contributed by atoms with van der Waals surface area (Å²) in [6, 6.07) is 9.38. The molecule has 26 heavy (non-hydrogen) atoms. The Kier molecular flexibility index (Phi) is 8.48. The van der Waals surface area contributed by atoms with Crippen LogP contribution in [0.2, 0.25) is 0 Å². The third-order valence-corrected chi connectivity index (χ3v) is 4.15. The molecule has 0 heterocycles. The van der Waals surface area contributed by atoms with E-state index in [1.54, 1.807) is 0 Å². The monoisotopic (exact) mass is 412 g/mol. The first-order valence-corrected chi connectivity index (χ1v) is 8.99. The Hall–Kier alpha value is -1.69. The van der Waals surface area contributed by atoms with Crippen LogP contribution in [0.4, 0.5) is 0 Å². The predicted molar refractivity (Wildman–Crippen MR) is 111 cm³/mol. The molecular weight excluding hydrogens is 393 g/mol. The molecule has 1 amide bonds. The number of amides is 1. The Labute approximate surface area is 169 Å². The summed E-state index contributed by atoms with van der Waals surface area (Å²) in [6.07, 6.45) is 5.64. The van der Waals surface area contributed by atoms with Crippen LogP contribution in [0, 0.1) is 0 Å². The molecule has 0 saturated carbocycles. The molecule has 0 saturated heterocycles. The number of allylic oxidation sites excluding steroid dienone is 5. The molecule has 8 heteroatoms. The van der Waals surface area contributed by atoms with Gasteiger partial charge in [-0.2, -0.15) is 0 Å². The molecule has 138 valence electrons. The second kappa shape index (κ2) is 9.86. The lowest BCUT2D eigenvalue weighted by Crippen LogP contribution is -2.49. The summed E-state index contributed by atoms with van der Waals surface area (Å²) in [5, 5.41) is 3.05. The molecule has 1 aromatic carbocycles. The van der Waals surface area contributed by atoms with Gasteiger partial charge in [-0.05, 0) is 20.8 Å². The van der Waals surface area contributed by atoms with E-state index in [1.807, 2.05) is 62.4 Å². The zero-order chi connectivity index (χ0) is 19.9. The van der Waals surface area contributed by atoms with Crippen molar-refractivity contribution in [1.29, 1.82) is 0 Å². The number of halogens is 3. The molecule has 0 spiro atoms. The number of nitrogens with two attached hydrogens (primary N) is 1. The smallest absolute Gasteiger partial charge is 0.320 e. The molecule has 0 aliphatic carbocycles. The number of primary amides is 1. The molecule has 1 rings (SSSR count). The SMILES string of the molecule is C/C=C\C(=C/C)B(N/C(=C(/C(C)=O)C(N)=O)C(Cl)(Cl)Cl)c1ccccc1. The molecule has 1 aromatic rings. The Balaban J connectivity index is 3.62. The highest BCUT2D eigenvalue weighted by Gasteiger charge is 2.36. The summed E-state index contributed by atoms with van der Waals surface area (Å²) >= 11 is 18.2. The van der Waals surface area contributed by atoms with E-state index < -0.39 is 22.3 Å². The van der Waals surface area contributed by atoms with Gasteiger partial charge in [0.15, 0.2) is 5.78 Å². The predicted octanol–water partition coefficient (Wildman–Crippen LogP) is 3.23. The Morgan fingerprint density at radius 1 is 1.15 bits per heavy atom. The van der Waals surface area contributed by atoms with Gasteiger partial charge in [-0.1, -0.05) is 94.3 Å². The fourth-order valence-electron chi connectivity index (χ4n) is 2.47. The standard InChI is InChI=1S/C18H20BCl3N2O2/c1-4-9-13(5-2)19(14-10-7-6-8-11-14)24-16(18(20,21)22)15(12(3)25)17(23)26/h4-11,24H,1-3H3,(H2,23,26)/b9-4-,13-5+,16-15-. The molecule has 0 radical (unpaired) electrons. The van der Waals surface area contributed by atoms with Crippen molar-refractivity contribution in [2.75, 3.05) is 0 Å². The number of hydrogen-bond acceptors (Lipinski definition) is 3. The number of carbonyl (C=O) groups excluding carboxylic acids is 2. The van der Waals surface area contributed by atoms with Crippen molar-refractivity contribution >= 4 is 58.8 Å². The van der Waals surface area contributed by atoms with Gasteiger partial charge < -0.3 is 11.0 Å². The maximum Gasteiger partial charge on any atom is 0.320 e. The Bertz CT molecular complexity index is 737. The van der Waals surface area contributed by atoms with E-state index in [-0.39, 0.29) is 11.3 Å².